The number of carbonyl (C=O) groups excluding carboxylic acids is 5. The predicted octanol–water partition coefficient (Wildman–Crippen LogP) is 0.299. The van der Waals surface area contributed by atoms with Gasteiger partial charge in [0, 0.05) is 11.1 Å². The third-order valence-electron chi connectivity index (χ3n) is 5.19. The van der Waals surface area contributed by atoms with Gasteiger partial charge in [-0.3, -0.25) is 19.3 Å². The van der Waals surface area contributed by atoms with E-state index in [1.807, 2.05) is 0 Å². The maximum atomic E-state index is 13.1. The van der Waals surface area contributed by atoms with Crippen molar-refractivity contribution in [3.05, 3.63) is 34.5 Å². The van der Waals surface area contributed by atoms with Gasteiger partial charge in [0.15, 0.2) is 10.8 Å². The van der Waals surface area contributed by atoms with E-state index in [9.17, 15) is 29.2 Å². The van der Waals surface area contributed by atoms with Crippen LogP contribution in [0.1, 0.15) is 26.5 Å². The molecule has 1 fully saturated rings. The molecule has 6 N–H and O–H groups in total. The second kappa shape index (κ2) is 12.2. The van der Waals surface area contributed by atoms with Crippen LogP contribution < -0.4 is 16.8 Å². The summed E-state index contributed by atoms with van der Waals surface area (Å²) in [4.78, 5) is 66.7. The molecule has 0 radical (unpaired) electrons. The highest BCUT2D eigenvalue weighted by Crippen LogP contribution is 2.41. The molecule has 210 valence electrons. The summed E-state index contributed by atoms with van der Waals surface area (Å²) in [5.74, 6) is -2.88. The Morgan fingerprint density at radius 2 is 2.00 bits per heavy atom. The van der Waals surface area contributed by atoms with Crippen molar-refractivity contribution in [2.45, 2.75) is 32.2 Å². The number of thiazole rings is 1. The van der Waals surface area contributed by atoms with Gasteiger partial charge in [-0.25, -0.2) is 14.6 Å². The number of fused-ring (bicyclic) bond motifs is 1. The van der Waals surface area contributed by atoms with E-state index < -0.39 is 59.2 Å². The third-order valence-corrected chi connectivity index (χ3v) is 7.17. The first kappa shape index (κ1) is 29.4. The number of nitrogens with one attached hydrogen (secondary N) is 1. The highest BCUT2D eigenvalue weighted by molar-refractivity contribution is 8.00. The van der Waals surface area contributed by atoms with Gasteiger partial charge in [0.1, 0.15) is 29.4 Å². The molecule has 1 unspecified atom stereocenters. The molecule has 17 heteroatoms. The number of esters is 2. The maximum absolute atomic E-state index is 13.1. The van der Waals surface area contributed by atoms with Crippen LogP contribution in [0.2, 0.25) is 0 Å². The zero-order valence-corrected chi connectivity index (χ0v) is 22.7. The van der Waals surface area contributed by atoms with Gasteiger partial charge in [0.2, 0.25) is 6.79 Å². The molecule has 39 heavy (non-hydrogen) atoms. The van der Waals surface area contributed by atoms with Crippen LogP contribution >= 0.6 is 23.1 Å². The average molecular weight is 583 g/mol. The van der Waals surface area contributed by atoms with E-state index in [0.29, 0.717) is 5.57 Å². The minimum Gasteiger partial charge on any atom is -0.445 e. The van der Waals surface area contributed by atoms with Crippen molar-refractivity contribution >= 4 is 63.8 Å². The molecule has 2 aliphatic heterocycles. The van der Waals surface area contributed by atoms with Crippen molar-refractivity contribution in [1.82, 2.24) is 15.2 Å². The van der Waals surface area contributed by atoms with Crippen LogP contribution in [0.4, 0.5) is 9.93 Å². The molecule has 1 aromatic heterocycles. The molecule has 0 aliphatic carbocycles. The number of allylic oxidation sites excluding steroid dienone is 1. The summed E-state index contributed by atoms with van der Waals surface area (Å²) in [5.41, 5.74) is 9.48. The Labute approximate surface area is 230 Å². The first-order valence-electron chi connectivity index (χ1n) is 11.2. The Morgan fingerprint density at radius 1 is 1.28 bits per heavy atom. The van der Waals surface area contributed by atoms with Crippen LogP contribution in [0.15, 0.2) is 34.0 Å². The summed E-state index contributed by atoms with van der Waals surface area (Å²) < 4.78 is 14.7. The van der Waals surface area contributed by atoms with E-state index >= 15 is 0 Å². The Balaban J connectivity index is 1.77. The van der Waals surface area contributed by atoms with Crippen LogP contribution in [0.3, 0.4) is 0 Å². The maximum Gasteiger partial charge on any atom is 0.404 e. The van der Waals surface area contributed by atoms with Gasteiger partial charge in [0.25, 0.3) is 11.8 Å². The topological polar surface area (TPSA) is 226 Å². The first-order chi connectivity index (χ1) is 18.3. The number of anilines is 1. The molecule has 1 saturated heterocycles. The van der Waals surface area contributed by atoms with Crippen molar-refractivity contribution in [3.63, 3.8) is 0 Å². The summed E-state index contributed by atoms with van der Waals surface area (Å²) in [6.07, 6.45) is 1.89. The highest BCUT2D eigenvalue weighted by Gasteiger charge is 2.54. The fourth-order valence-electron chi connectivity index (χ4n) is 3.32. The molecule has 0 spiro atoms. The van der Waals surface area contributed by atoms with E-state index in [1.54, 1.807) is 20.8 Å². The summed E-state index contributed by atoms with van der Waals surface area (Å²) >= 11 is 2.26. The lowest BCUT2D eigenvalue weighted by molar-refractivity contribution is -0.173. The lowest BCUT2D eigenvalue weighted by atomic mass is 9.98. The number of ether oxygens (including phenoxy) is 3. The molecule has 1 aromatic rings. The molecule has 3 amide bonds. The van der Waals surface area contributed by atoms with Crippen molar-refractivity contribution in [3.8, 4) is 0 Å². The van der Waals surface area contributed by atoms with Gasteiger partial charge >= 0.3 is 18.0 Å². The number of rotatable bonds is 9. The fourth-order valence-corrected chi connectivity index (χ4v) is 5.19. The number of thioether (sulfide) groups is 1. The van der Waals surface area contributed by atoms with E-state index in [0.717, 1.165) is 16.2 Å². The minimum atomic E-state index is -1.07. The number of hydrogen-bond acceptors (Lipinski definition) is 14. The van der Waals surface area contributed by atoms with Crippen LogP contribution in [0.5, 0.6) is 0 Å². The van der Waals surface area contributed by atoms with E-state index in [4.69, 9.17) is 20.9 Å². The Hall–Kier alpha value is -4.12. The van der Waals surface area contributed by atoms with Gasteiger partial charge in [-0.2, -0.15) is 0 Å². The lowest BCUT2D eigenvalue weighted by Crippen LogP contribution is -2.71. The summed E-state index contributed by atoms with van der Waals surface area (Å²) in [6, 6.07) is -1.07. The number of nitrogen functional groups attached to an aromatic ring is 1. The molecule has 0 bridgehead atoms. The van der Waals surface area contributed by atoms with Crippen molar-refractivity contribution in [1.29, 1.82) is 0 Å². The lowest BCUT2D eigenvalue weighted by Gasteiger charge is -2.49. The van der Waals surface area contributed by atoms with E-state index in [-0.39, 0.29) is 28.9 Å². The molecule has 0 saturated carbocycles. The Kier molecular flexibility index (Phi) is 9.18. The Bertz CT molecular complexity index is 1270. The molecular formula is C22H26N6O9S2. The number of nitrogens with two attached hydrogens (primary N) is 2. The smallest absolute Gasteiger partial charge is 0.404 e. The zero-order valence-electron chi connectivity index (χ0n) is 21.0. The van der Waals surface area contributed by atoms with Gasteiger partial charge in [0.05, 0.1) is 5.41 Å². The zero-order chi connectivity index (χ0) is 28.9. The molecule has 2 atom stereocenters. The molecular weight excluding hydrogens is 556 g/mol. The predicted molar refractivity (Wildman–Crippen MR) is 138 cm³/mol. The van der Waals surface area contributed by atoms with Gasteiger partial charge in [-0.1, -0.05) is 11.2 Å². The summed E-state index contributed by atoms with van der Waals surface area (Å²) in [5, 5.41) is 15.6. The average Bonchev–Trinajstić information content (AvgIpc) is 3.29. The number of primary amides is 1. The van der Waals surface area contributed by atoms with Crippen molar-refractivity contribution in [2.24, 2.45) is 16.3 Å². The van der Waals surface area contributed by atoms with Crippen LogP contribution in [-0.4, -0.2) is 81.2 Å². The highest BCUT2D eigenvalue weighted by atomic mass is 32.2. The van der Waals surface area contributed by atoms with Crippen LogP contribution in [0.25, 0.3) is 0 Å². The third kappa shape index (κ3) is 6.85. The van der Waals surface area contributed by atoms with Gasteiger partial charge in [-0.15, -0.1) is 23.1 Å². The van der Waals surface area contributed by atoms with Crippen molar-refractivity contribution in [2.75, 3.05) is 24.9 Å². The number of oxime groups is 1. The quantitative estimate of drug-likeness (QED) is 0.0770. The summed E-state index contributed by atoms with van der Waals surface area (Å²) in [7, 11) is 0. The number of aromatic nitrogens is 1. The number of carbonyl (C=O) groups is 5. The van der Waals surface area contributed by atoms with Crippen molar-refractivity contribution < 1.29 is 43.4 Å². The number of β-lactam (4-membered cyclic amide) rings is 1. The molecule has 0 aromatic carbocycles. The first-order valence-corrected chi connectivity index (χ1v) is 13.1. The second-order valence-corrected chi connectivity index (χ2v) is 11.0. The Morgan fingerprint density at radius 3 is 2.59 bits per heavy atom. The van der Waals surface area contributed by atoms with Gasteiger partial charge in [-0.05, 0) is 32.4 Å². The standard InChI is InChI=1S/C22H26N6O9S2/c1-22(2,3)19(32)37-9-36-18(31)14-10(5-4-6-35-21(24)33)7-38-17-13(16(30)28(14)17)26-15(29)12(27-34)11-8-39-20(23)25-11/h4-5,8,13,17,34H,6-7,9H2,1-3H3,(H2,23,25)(H2,24,33)(H,26,29)/b5-4-,27-12-/t13?,17-/m1/s1. The van der Waals surface area contributed by atoms with E-state index in [1.165, 1.54) is 29.3 Å². The SMILES string of the molecule is CC(C)(C)C(=O)OCOC(=O)C1=C(/C=C\COC(N)=O)CS[C@@H]2C(NC(=O)/C(=N\O)c3csc(N)n3)C(=O)N12. The summed E-state index contributed by atoms with van der Waals surface area (Å²) in [6.45, 7) is 4.01. The molecule has 2 aliphatic rings. The number of nitrogens with zero attached hydrogens (tertiary/aromatic N) is 3. The molecule has 15 nitrogen and oxygen atoms in total. The number of hydrogen-bond donors (Lipinski definition) is 4. The van der Waals surface area contributed by atoms with Crippen LogP contribution in [0, 0.1) is 5.41 Å². The largest absolute Gasteiger partial charge is 0.445 e. The fraction of sp³-hybridized carbons (Fsp3) is 0.409. The second-order valence-electron chi connectivity index (χ2n) is 9.02. The van der Waals surface area contributed by atoms with E-state index in [2.05, 4.69) is 20.2 Å². The molecule has 3 rings (SSSR count). The van der Waals surface area contributed by atoms with Crippen LogP contribution in [-0.2, 0) is 33.4 Å². The molecule has 3 heterocycles. The normalized spacial score (nSPS) is 19.3. The van der Waals surface area contributed by atoms with Gasteiger partial charge < -0.3 is 36.2 Å². The number of amides is 3. The minimum absolute atomic E-state index is 0.0250. The monoisotopic (exact) mass is 582 g/mol.